The summed E-state index contributed by atoms with van der Waals surface area (Å²) >= 11 is 0. The number of furan rings is 1. The molecule has 1 fully saturated rings. The van der Waals surface area contributed by atoms with Crippen LogP contribution in [0.25, 0.3) is 0 Å². The number of alkyl halides is 3. The zero-order valence-corrected chi connectivity index (χ0v) is 19.0. The Morgan fingerprint density at radius 2 is 1.80 bits per heavy atom. The van der Waals surface area contributed by atoms with Crippen molar-refractivity contribution < 1.29 is 31.9 Å². The van der Waals surface area contributed by atoms with Gasteiger partial charge in [-0.15, -0.1) is 0 Å². The van der Waals surface area contributed by atoms with Crippen LogP contribution in [0.1, 0.15) is 53.4 Å². The molecule has 1 saturated carbocycles. The van der Waals surface area contributed by atoms with Gasteiger partial charge >= 0.3 is 6.18 Å². The van der Waals surface area contributed by atoms with Gasteiger partial charge in [0.2, 0.25) is 5.91 Å². The Balaban J connectivity index is 1.86. The van der Waals surface area contributed by atoms with Crippen molar-refractivity contribution in [1.29, 1.82) is 0 Å². The van der Waals surface area contributed by atoms with Crippen LogP contribution in [0.3, 0.4) is 0 Å². The predicted molar refractivity (Wildman–Crippen MR) is 123 cm³/mol. The SMILES string of the molecule is COc1cccc([C@H](C(=O)NC2CCCC2)N(C(=O)c2ccco2)c2cccc(C(F)(F)F)c2)c1. The second-order valence-corrected chi connectivity index (χ2v) is 8.37. The highest BCUT2D eigenvalue weighted by Crippen LogP contribution is 2.36. The number of rotatable bonds is 7. The molecule has 0 unspecified atom stereocenters. The van der Waals surface area contributed by atoms with Crippen molar-refractivity contribution in [3.8, 4) is 5.75 Å². The molecule has 0 bridgehead atoms. The average Bonchev–Trinajstić information content (AvgIpc) is 3.56. The van der Waals surface area contributed by atoms with E-state index in [2.05, 4.69) is 5.32 Å². The molecule has 1 heterocycles. The number of ether oxygens (including phenoxy) is 1. The van der Waals surface area contributed by atoms with E-state index in [0.717, 1.165) is 42.7 Å². The summed E-state index contributed by atoms with van der Waals surface area (Å²) in [5.74, 6) is -0.911. The van der Waals surface area contributed by atoms with Crippen LogP contribution in [-0.2, 0) is 11.0 Å². The van der Waals surface area contributed by atoms with E-state index >= 15 is 0 Å². The summed E-state index contributed by atoms with van der Waals surface area (Å²) in [4.78, 5) is 28.3. The monoisotopic (exact) mass is 486 g/mol. The van der Waals surface area contributed by atoms with Crippen LogP contribution < -0.4 is 15.0 Å². The van der Waals surface area contributed by atoms with Crippen LogP contribution in [0.4, 0.5) is 18.9 Å². The molecule has 1 atom stereocenters. The summed E-state index contributed by atoms with van der Waals surface area (Å²) in [5.41, 5.74) is -0.638. The summed E-state index contributed by atoms with van der Waals surface area (Å²) in [5, 5.41) is 2.98. The second kappa shape index (κ2) is 10.2. The molecule has 0 saturated heterocycles. The summed E-state index contributed by atoms with van der Waals surface area (Å²) in [6.07, 6.45) is 0.192. The fraction of sp³-hybridized carbons (Fsp3) is 0.308. The van der Waals surface area contributed by atoms with Crippen molar-refractivity contribution in [3.05, 3.63) is 83.8 Å². The topological polar surface area (TPSA) is 71.8 Å². The van der Waals surface area contributed by atoms with Gasteiger partial charge in [0.1, 0.15) is 11.8 Å². The lowest BCUT2D eigenvalue weighted by Gasteiger charge is -2.32. The van der Waals surface area contributed by atoms with E-state index in [9.17, 15) is 22.8 Å². The molecule has 0 spiro atoms. The smallest absolute Gasteiger partial charge is 0.416 e. The number of halogens is 3. The number of amides is 2. The zero-order valence-electron chi connectivity index (χ0n) is 19.0. The number of nitrogens with zero attached hydrogens (tertiary/aromatic N) is 1. The van der Waals surface area contributed by atoms with Crippen molar-refractivity contribution >= 4 is 17.5 Å². The van der Waals surface area contributed by atoms with Gasteiger partial charge in [0.05, 0.1) is 18.9 Å². The lowest BCUT2D eigenvalue weighted by Crippen LogP contribution is -2.46. The molecule has 1 aliphatic carbocycles. The lowest BCUT2D eigenvalue weighted by molar-refractivity contribution is -0.137. The minimum atomic E-state index is -4.63. The average molecular weight is 486 g/mol. The Morgan fingerprint density at radius 3 is 2.46 bits per heavy atom. The van der Waals surface area contributed by atoms with Crippen molar-refractivity contribution in [3.63, 3.8) is 0 Å². The third kappa shape index (κ3) is 5.50. The van der Waals surface area contributed by atoms with Crippen molar-refractivity contribution in [2.45, 2.75) is 43.9 Å². The van der Waals surface area contributed by atoms with Gasteiger partial charge in [0.15, 0.2) is 5.76 Å². The number of hydrogen-bond donors (Lipinski definition) is 1. The number of nitrogens with one attached hydrogen (secondary N) is 1. The Morgan fingerprint density at radius 1 is 1.06 bits per heavy atom. The van der Waals surface area contributed by atoms with Gasteiger partial charge in [0.25, 0.3) is 5.91 Å². The first kappa shape index (κ1) is 24.4. The molecular weight excluding hydrogens is 461 g/mol. The van der Waals surface area contributed by atoms with E-state index < -0.39 is 29.6 Å². The third-order valence-corrected chi connectivity index (χ3v) is 6.02. The van der Waals surface area contributed by atoms with Gasteiger partial charge in [0, 0.05) is 11.7 Å². The highest BCUT2D eigenvalue weighted by Gasteiger charge is 2.38. The fourth-order valence-electron chi connectivity index (χ4n) is 4.31. The first-order valence-corrected chi connectivity index (χ1v) is 11.3. The van der Waals surface area contributed by atoms with Gasteiger partial charge in [-0.1, -0.05) is 31.0 Å². The van der Waals surface area contributed by atoms with E-state index in [-0.39, 0.29) is 17.5 Å². The van der Waals surface area contributed by atoms with E-state index in [1.54, 1.807) is 24.3 Å². The fourth-order valence-corrected chi connectivity index (χ4v) is 4.31. The minimum absolute atomic E-state index is 0.0716. The molecule has 1 N–H and O–H groups in total. The van der Waals surface area contributed by atoms with Crippen LogP contribution in [0, 0.1) is 0 Å². The summed E-state index contributed by atoms with van der Waals surface area (Å²) in [6.45, 7) is 0. The maximum Gasteiger partial charge on any atom is 0.416 e. The number of carbonyl (C=O) groups is 2. The van der Waals surface area contributed by atoms with Crippen LogP contribution in [0.15, 0.2) is 71.3 Å². The Bertz CT molecular complexity index is 1170. The van der Waals surface area contributed by atoms with Gasteiger partial charge in [-0.3, -0.25) is 14.5 Å². The molecule has 184 valence electrons. The largest absolute Gasteiger partial charge is 0.497 e. The zero-order chi connectivity index (χ0) is 25.0. The van der Waals surface area contributed by atoms with Crippen LogP contribution in [0.2, 0.25) is 0 Å². The quantitative estimate of drug-likeness (QED) is 0.461. The summed E-state index contributed by atoms with van der Waals surface area (Å²) < 4.78 is 51.2. The molecular formula is C26H25F3N2O4. The standard InChI is InChI=1S/C26H25F3N2O4/c1-34-21-12-4-7-17(15-21)23(24(32)30-19-9-2-3-10-19)31(25(33)22-13-6-14-35-22)20-11-5-8-18(16-20)26(27,28)29/h4-8,11-16,19,23H,2-3,9-10H2,1H3,(H,30,32)/t23-/m1/s1. The molecule has 2 amide bonds. The van der Waals surface area contributed by atoms with Crippen LogP contribution >= 0.6 is 0 Å². The van der Waals surface area contributed by atoms with Crippen LogP contribution in [-0.4, -0.2) is 25.0 Å². The molecule has 3 aromatic rings. The molecule has 1 aromatic heterocycles. The maximum absolute atomic E-state index is 13.7. The molecule has 0 aliphatic heterocycles. The third-order valence-electron chi connectivity index (χ3n) is 6.02. The summed E-state index contributed by atoms with van der Waals surface area (Å²) in [6, 6.07) is 12.5. The number of anilines is 1. The van der Waals surface area contributed by atoms with Crippen molar-refractivity contribution in [2.24, 2.45) is 0 Å². The number of hydrogen-bond acceptors (Lipinski definition) is 4. The maximum atomic E-state index is 13.7. The Kier molecular flexibility index (Phi) is 7.14. The van der Waals surface area contributed by atoms with Crippen molar-refractivity contribution in [2.75, 3.05) is 12.0 Å². The van der Waals surface area contributed by atoms with E-state index in [0.29, 0.717) is 11.3 Å². The van der Waals surface area contributed by atoms with Gasteiger partial charge in [-0.2, -0.15) is 13.2 Å². The minimum Gasteiger partial charge on any atom is -0.497 e. The molecule has 35 heavy (non-hydrogen) atoms. The van der Waals surface area contributed by atoms with Gasteiger partial charge < -0.3 is 14.5 Å². The first-order valence-electron chi connectivity index (χ1n) is 11.3. The number of benzene rings is 2. The highest BCUT2D eigenvalue weighted by atomic mass is 19.4. The van der Waals surface area contributed by atoms with E-state index in [4.69, 9.17) is 9.15 Å². The van der Waals surface area contributed by atoms with Gasteiger partial charge in [-0.25, -0.2) is 0 Å². The Hall–Kier alpha value is -3.75. The molecule has 4 rings (SSSR count). The Labute approximate surface area is 200 Å². The van der Waals surface area contributed by atoms with Gasteiger partial charge in [-0.05, 0) is 60.9 Å². The lowest BCUT2D eigenvalue weighted by atomic mass is 10.0. The molecule has 0 radical (unpaired) electrons. The van der Waals surface area contributed by atoms with E-state index in [1.807, 2.05) is 0 Å². The number of carbonyl (C=O) groups excluding carboxylic acids is 2. The van der Waals surface area contributed by atoms with Crippen LogP contribution in [0.5, 0.6) is 5.75 Å². The van der Waals surface area contributed by atoms with Crippen molar-refractivity contribution in [1.82, 2.24) is 5.32 Å². The number of methoxy groups -OCH3 is 1. The molecule has 1 aliphatic rings. The molecule has 9 heteroatoms. The second-order valence-electron chi connectivity index (χ2n) is 8.37. The molecule has 6 nitrogen and oxygen atoms in total. The summed E-state index contributed by atoms with van der Waals surface area (Å²) in [7, 11) is 1.46. The normalized spacial score (nSPS) is 15.0. The van der Waals surface area contributed by atoms with E-state index in [1.165, 1.54) is 37.6 Å². The highest BCUT2D eigenvalue weighted by molar-refractivity contribution is 6.08. The predicted octanol–water partition coefficient (Wildman–Crippen LogP) is 5.75. The first-order chi connectivity index (χ1) is 16.8. The molecule has 2 aromatic carbocycles.